The highest BCUT2D eigenvalue weighted by Gasteiger charge is 2.15. The molecule has 1 heterocycles. The maximum absolute atomic E-state index is 12.6. The van der Waals surface area contributed by atoms with Crippen LogP contribution in [0.1, 0.15) is 12.5 Å². The molecule has 3 aromatic rings. The first-order chi connectivity index (χ1) is 13.4. The van der Waals surface area contributed by atoms with Crippen LogP contribution in [0.3, 0.4) is 0 Å². The van der Waals surface area contributed by atoms with Gasteiger partial charge in [0.05, 0.1) is 10.4 Å². The van der Waals surface area contributed by atoms with E-state index in [4.69, 9.17) is 5.14 Å². The Morgan fingerprint density at radius 3 is 2.46 bits per heavy atom. The predicted molar refractivity (Wildman–Crippen MR) is 110 cm³/mol. The van der Waals surface area contributed by atoms with Gasteiger partial charge in [0.1, 0.15) is 5.82 Å². The van der Waals surface area contributed by atoms with Crippen molar-refractivity contribution >= 4 is 32.8 Å². The zero-order valence-electron chi connectivity index (χ0n) is 15.5. The smallest absolute Gasteiger partial charge is 0.323 e. The first kappa shape index (κ1) is 19.8. The van der Waals surface area contributed by atoms with Crippen LogP contribution in [0.25, 0.3) is 10.9 Å². The fourth-order valence-electron chi connectivity index (χ4n) is 2.87. The summed E-state index contributed by atoms with van der Waals surface area (Å²) in [5.41, 5.74) is 1.74. The normalized spacial score (nSPS) is 11.4. The molecule has 0 radical (unpaired) electrons. The van der Waals surface area contributed by atoms with Gasteiger partial charge in [-0.1, -0.05) is 30.3 Å². The van der Waals surface area contributed by atoms with Crippen molar-refractivity contribution in [1.82, 2.24) is 10.3 Å². The molecule has 7 nitrogen and oxygen atoms in total. The Bertz CT molecular complexity index is 1080. The summed E-state index contributed by atoms with van der Waals surface area (Å²) in [5.74, 6) is 0.594. The molecule has 0 saturated heterocycles. The van der Waals surface area contributed by atoms with Gasteiger partial charge < -0.3 is 5.32 Å². The second-order valence-corrected chi connectivity index (χ2v) is 7.84. The minimum Gasteiger partial charge on any atom is -0.337 e. The van der Waals surface area contributed by atoms with E-state index in [1.165, 1.54) is 12.1 Å². The number of fused-ring (bicyclic) bond motifs is 1. The van der Waals surface area contributed by atoms with Gasteiger partial charge in [-0.15, -0.1) is 0 Å². The number of urea groups is 1. The van der Waals surface area contributed by atoms with Crippen molar-refractivity contribution in [3.63, 3.8) is 0 Å². The molecule has 2 amide bonds. The lowest BCUT2D eigenvalue weighted by Gasteiger charge is -2.21. The van der Waals surface area contributed by atoms with Gasteiger partial charge in [-0.05, 0) is 49.2 Å². The Balaban J connectivity index is 1.62. The monoisotopic (exact) mass is 398 g/mol. The zero-order chi connectivity index (χ0) is 20.1. The first-order valence-corrected chi connectivity index (χ1v) is 10.5. The van der Waals surface area contributed by atoms with Crippen LogP contribution in [0.2, 0.25) is 0 Å². The van der Waals surface area contributed by atoms with Crippen molar-refractivity contribution in [2.75, 3.05) is 18.0 Å². The van der Waals surface area contributed by atoms with Gasteiger partial charge in [0.2, 0.25) is 10.0 Å². The van der Waals surface area contributed by atoms with E-state index >= 15 is 0 Å². The molecule has 3 rings (SSSR count). The molecule has 0 atom stereocenters. The van der Waals surface area contributed by atoms with Crippen molar-refractivity contribution in [2.45, 2.75) is 18.2 Å². The molecule has 0 aliphatic rings. The van der Waals surface area contributed by atoms with Crippen molar-refractivity contribution < 1.29 is 13.2 Å². The lowest BCUT2D eigenvalue weighted by molar-refractivity contribution is 0.246. The summed E-state index contributed by atoms with van der Waals surface area (Å²) in [6.07, 6.45) is 0.569. The van der Waals surface area contributed by atoms with Crippen molar-refractivity contribution in [1.29, 1.82) is 0 Å². The number of nitrogens with one attached hydrogen (secondary N) is 1. The quantitative estimate of drug-likeness (QED) is 0.666. The summed E-state index contributed by atoms with van der Waals surface area (Å²) in [5, 5.41) is 8.99. The highest BCUT2D eigenvalue weighted by molar-refractivity contribution is 7.89. The molecule has 0 saturated carbocycles. The van der Waals surface area contributed by atoms with Crippen LogP contribution in [0.5, 0.6) is 0 Å². The maximum atomic E-state index is 12.6. The molecule has 0 aliphatic carbocycles. The van der Waals surface area contributed by atoms with Gasteiger partial charge in [-0.3, -0.25) is 4.90 Å². The Hall–Kier alpha value is -2.97. The summed E-state index contributed by atoms with van der Waals surface area (Å²) in [7, 11) is -3.70. The average Bonchev–Trinajstić information content (AvgIpc) is 2.68. The van der Waals surface area contributed by atoms with Crippen LogP contribution < -0.4 is 15.4 Å². The Labute approximate surface area is 164 Å². The summed E-state index contributed by atoms with van der Waals surface area (Å²) >= 11 is 0. The van der Waals surface area contributed by atoms with Crippen LogP contribution >= 0.6 is 0 Å². The molecule has 0 fully saturated rings. The third kappa shape index (κ3) is 4.65. The van der Waals surface area contributed by atoms with E-state index < -0.39 is 10.0 Å². The highest BCUT2D eigenvalue weighted by atomic mass is 32.2. The number of aromatic nitrogens is 1. The van der Waals surface area contributed by atoms with E-state index in [1.54, 1.807) is 17.0 Å². The topological polar surface area (TPSA) is 105 Å². The fourth-order valence-corrected chi connectivity index (χ4v) is 3.39. The summed E-state index contributed by atoms with van der Waals surface area (Å²) in [6, 6.07) is 17.6. The van der Waals surface area contributed by atoms with Crippen molar-refractivity contribution in [2.24, 2.45) is 5.14 Å². The van der Waals surface area contributed by atoms with Gasteiger partial charge in [-0.2, -0.15) is 0 Å². The van der Waals surface area contributed by atoms with Crippen LogP contribution in [-0.2, 0) is 16.4 Å². The molecule has 2 aromatic carbocycles. The number of hydrogen-bond donors (Lipinski definition) is 2. The van der Waals surface area contributed by atoms with Gasteiger partial charge in [0, 0.05) is 18.5 Å². The standard InChI is InChI=1S/C20H22N4O3S/c1-2-24(19-12-9-16-5-3-4-6-18(16)23-19)20(25)22-14-13-15-7-10-17(11-8-15)28(21,26)27/h3-12H,2,13-14H2,1H3,(H,22,25)(H2,21,26,27). The molecule has 0 unspecified atom stereocenters. The van der Waals surface area contributed by atoms with Crippen LogP contribution in [0.15, 0.2) is 65.6 Å². The van der Waals surface area contributed by atoms with Crippen LogP contribution in [0.4, 0.5) is 10.6 Å². The molecule has 3 N–H and O–H groups in total. The SMILES string of the molecule is CCN(C(=O)NCCc1ccc(S(N)(=O)=O)cc1)c1ccc2ccccc2n1. The lowest BCUT2D eigenvalue weighted by atomic mass is 10.1. The Morgan fingerprint density at radius 2 is 1.79 bits per heavy atom. The van der Waals surface area contributed by atoms with E-state index in [1.807, 2.05) is 43.3 Å². The van der Waals surface area contributed by atoms with E-state index in [0.717, 1.165) is 16.5 Å². The molecule has 1 aromatic heterocycles. The number of nitrogens with zero attached hydrogens (tertiary/aromatic N) is 2. The maximum Gasteiger partial charge on any atom is 0.323 e. The molecular formula is C20H22N4O3S. The van der Waals surface area contributed by atoms with Gasteiger partial charge in [0.15, 0.2) is 0 Å². The number of carbonyl (C=O) groups excluding carboxylic acids is 1. The third-order valence-corrected chi connectivity index (χ3v) is 5.29. The van der Waals surface area contributed by atoms with Crippen LogP contribution in [-0.4, -0.2) is 32.5 Å². The minimum atomic E-state index is -3.70. The van der Waals surface area contributed by atoms with E-state index in [2.05, 4.69) is 10.3 Å². The molecule has 146 valence electrons. The van der Waals surface area contributed by atoms with E-state index in [0.29, 0.717) is 25.3 Å². The summed E-state index contributed by atoms with van der Waals surface area (Å²) in [4.78, 5) is 18.8. The Morgan fingerprint density at radius 1 is 1.07 bits per heavy atom. The average molecular weight is 398 g/mol. The molecule has 0 spiro atoms. The number of anilines is 1. The summed E-state index contributed by atoms with van der Waals surface area (Å²) in [6.45, 7) is 2.79. The number of benzene rings is 2. The van der Waals surface area contributed by atoms with Gasteiger partial charge >= 0.3 is 6.03 Å². The number of sulfonamides is 1. The molecule has 0 aliphatic heterocycles. The fraction of sp³-hybridized carbons (Fsp3) is 0.200. The molecule has 28 heavy (non-hydrogen) atoms. The largest absolute Gasteiger partial charge is 0.337 e. The molecule has 0 bridgehead atoms. The number of primary sulfonamides is 1. The van der Waals surface area contributed by atoms with Crippen molar-refractivity contribution in [3.8, 4) is 0 Å². The third-order valence-electron chi connectivity index (χ3n) is 4.36. The predicted octanol–water partition coefficient (Wildman–Crippen LogP) is 2.66. The van der Waals surface area contributed by atoms with E-state index in [-0.39, 0.29) is 10.9 Å². The molecular weight excluding hydrogens is 376 g/mol. The van der Waals surface area contributed by atoms with Gasteiger partial charge in [-0.25, -0.2) is 23.3 Å². The number of carbonyl (C=O) groups is 1. The van der Waals surface area contributed by atoms with Crippen LogP contribution in [0, 0.1) is 0 Å². The number of hydrogen-bond acceptors (Lipinski definition) is 4. The number of amides is 2. The minimum absolute atomic E-state index is 0.0693. The second kappa shape index (κ2) is 8.37. The Kier molecular flexibility index (Phi) is 5.91. The number of para-hydroxylation sites is 1. The van der Waals surface area contributed by atoms with Crippen molar-refractivity contribution in [3.05, 3.63) is 66.2 Å². The molecule has 8 heteroatoms. The second-order valence-electron chi connectivity index (χ2n) is 6.28. The lowest BCUT2D eigenvalue weighted by Crippen LogP contribution is -2.41. The first-order valence-electron chi connectivity index (χ1n) is 8.91. The van der Waals surface area contributed by atoms with E-state index in [9.17, 15) is 13.2 Å². The number of pyridine rings is 1. The number of nitrogens with two attached hydrogens (primary N) is 1. The summed E-state index contributed by atoms with van der Waals surface area (Å²) < 4.78 is 22.6. The highest BCUT2D eigenvalue weighted by Crippen LogP contribution is 2.18. The number of rotatable bonds is 6. The van der Waals surface area contributed by atoms with Gasteiger partial charge in [0.25, 0.3) is 0 Å². The zero-order valence-corrected chi connectivity index (χ0v) is 16.3.